The lowest BCUT2D eigenvalue weighted by molar-refractivity contribution is -0.151. The normalized spacial score (nSPS) is 20.0. The van der Waals surface area contributed by atoms with Crippen LogP contribution in [0.15, 0.2) is 16.9 Å². The molecule has 3 N–H and O–H groups in total. The number of aromatic carboxylic acids is 1. The number of carbonyl (C=O) groups is 2. The monoisotopic (exact) mass is 431 g/mol. The Balaban J connectivity index is 1.72. The van der Waals surface area contributed by atoms with Gasteiger partial charge in [-0.3, -0.25) is 9.59 Å². The molecule has 8 nitrogen and oxygen atoms in total. The van der Waals surface area contributed by atoms with Gasteiger partial charge in [-0.15, -0.1) is 0 Å². The lowest BCUT2D eigenvalue weighted by atomic mass is 9.93. The molecule has 0 bridgehead atoms. The van der Waals surface area contributed by atoms with E-state index in [1.165, 1.54) is 4.57 Å². The first-order chi connectivity index (χ1) is 14.7. The third kappa shape index (κ3) is 3.56. The molecular formula is C22H26FN3O5. The van der Waals surface area contributed by atoms with Gasteiger partial charge in [0.15, 0.2) is 5.56 Å². The Labute approximate surface area is 178 Å². The minimum atomic E-state index is -1.56. The SMILES string of the molecule is CC1CCc2c(N3CCC(OC(=O)[C@H](C)N)CC3)ccc3c(=O)c(C(=O)O)c(F)n1c23. The van der Waals surface area contributed by atoms with E-state index in [9.17, 15) is 19.5 Å². The Morgan fingerprint density at radius 3 is 2.55 bits per heavy atom. The van der Waals surface area contributed by atoms with E-state index < -0.39 is 34.9 Å². The number of piperidine rings is 1. The fraction of sp³-hybridized carbons (Fsp3) is 0.500. The highest BCUT2D eigenvalue weighted by molar-refractivity contribution is 5.95. The minimum Gasteiger partial charge on any atom is -0.477 e. The van der Waals surface area contributed by atoms with Crippen LogP contribution in [0.5, 0.6) is 0 Å². The van der Waals surface area contributed by atoms with Crippen molar-refractivity contribution in [1.82, 2.24) is 4.57 Å². The minimum absolute atomic E-state index is 0.194. The first kappa shape index (κ1) is 21.3. The number of esters is 1. The largest absolute Gasteiger partial charge is 0.477 e. The summed E-state index contributed by atoms with van der Waals surface area (Å²) in [6, 6.07) is 2.50. The van der Waals surface area contributed by atoms with Crippen molar-refractivity contribution in [2.75, 3.05) is 18.0 Å². The van der Waals surface area contributed by atoms with Crippen molar-refractivity contribution >= 4 is 28.5 Å². The zero-order valence-electron chi connectivity index (χ0n) is 17.6. The molecule has 0 radical (unpaired) electrons. The molecule has 1 aromatic heterocycles. The van der Waals surface area contributed by atoms with Gasteiger partial charge in [-0.05, 0) is 38.8 Å². The second kappa shape index (κ2) is 7.96. The Kier molecular flexibility index (Phi) is 5.47. The molecule has 1 saturated heterocycles. The molecular weight excluding hydrogens is 405 g/mol. The quantitative estimate of drug-likeness (QED) is 0.563. The van der Waals surface area contributed by atoms with Crippen molar-refractivity contribution in [3.05, 3.63) is 39.4 Å². The summed E-state index contributed by atoms with van der Waals surface area (Å²) in [5, 5.41) is 9.60. The van der Waals surface area contributed by atoms with Gasteiger partial charge in [0.25, 0.3) is 0 Å². The van der Waals surface area contributed by atoms with Crippen LogP contribution in [0, 0.1) is 5.95 Å². The number of carbonyl (C=O) groups excluding carboxylic acids is 1. The molecule has 0 saturated carbocycles. The summed E-state index contributed by atoms with van der Waals surface area (Å²) >= 11 is 0. The average molecular weight is 431 g/mol. The number of pyridine rings is 1. The molecule has 166 valence electrons. The van der Waals surface area contributed by atoms with Gasteiger partial charge in [0.1, 0.15) is 12.1 Å². The number of benzene rings is 1. The maximum atomic E-state index is 15.1. The van der Waals surface area contributed by atoms with Crippen molar-refractivity contribution in [2.24, 2.45) is 5.73 Å². The highest BCUT2D eigenvalue weighted by atomic mass is 19.1. The van der Waals surface area contributed by atoms with Gasteiger partial charge in [0.05, 0.1) is 5.52 Å². The number of carboxylic acids is 1. The predicted molar refractivity (Wildman–Crippen MR) is 113 cm³/mol. The number of anilines is 1. The Hall–Kier alpha value is -2.94. The lowest BCUT2D eigenvalue weighted by Crippen LogP contribution is -2.41. The highest BCUT2D eigenvalue weighted by Crippen LogP contribution is 2.38. The van der Waals surface area contributed by atoms with Gasteiger partial charge in [0.2, 0.25) is 11.4 Å². The number of aryl methyl sites for hydroxylation is 1. The van der Waals surface area contributed by atoms with Crippen LogP contribution in [0.25, 0.3) is 10.9 Å². The fourth-order valence-electron chi connectivity index (χ4n) is 4.64. The summed E-state index contributed by atoms with van der Waals surface area (Å²) in [7, 11) is 0. The highest BCUT2D eigenvalue weighted by Gasteiger charge is 2.31. The summed E-state index contributed by atoms with van der Waals surface area (Å²) in [6.07, 6.45) is 2.40. The van der Waals surface area contributed by atoms with E-state index in [0.29, 0.717) is 44.3 Å². The van der Waals surface area contributed by atoms with Crippen LogP contribution >= 0.6 is 0 Å². The molecule has 2 aliphatic heterocycles. The number of aromatic nitrogens is 1. The summed E-state index contributed by atoms with van der Waals surface area (Å²) in [6.45, 7) is 4.70. The van der Waals surface area contributed by atoms with E-state index in [1.54, 1.807) is 13.0 Å². The van der Waals surface area contributed by atoms with Crippen molar-refractivity contribution in [1.29, 1.82) is 0 Å². The number of rotatable bonds is 4. The standard InChI is InChI=1S/C22H26FN3O5/c1-11-3-4-14-16(25-9-7-13(8-10-25)31-22(30)12(2)24)6-5-15-18(14)26(11)20(23)17(19(15)27)21(28)29/h5-6,11-13H,3-4,7-10,24H2,1-2H3,(H,28,29)/t11?,12-/m0/s1. The van der Waals surface area contributed by atoms with Gasteiger partial charge < -0.3 is 25.0 Å². The predicted octanol–water partition coefficient (Wildman–Crippen LogP) is 2.21. The molecule has 1 unspecified atom stereocenters. The number of nitrogens with two attached hydrogens (primary N) is 1. The van der Waals surface area contributed by atoms with E-state index in [2.05, 4.69) is 4.90 Å². The van der Waals surface area contributed by atoms with Crippen molar-refractivity contribution in [3.8, 4) is 0 Å². The maximum Gasteiger partial charge on any atom is 0.344 e. The van der Waals surface area contributed by atoms with E-state index in [4.69, 9.17) is 10.5 Å². The number of hydrogen-bond donors (Lipinski definition) is 2. The Morgan fingerprint density at radius 2 is 1.94 bits per heavy atom. The molecule has 2 aliphatic rings. The first-order valence-electron chi connectivity index (χ1n) is 10.5. The molecule has 0 amide bonds. The summed E-state index contributed by atoms with van der Waals surface area (Å²) in [4.78, 5) is 38.2. The number of ether oxygens (including phenoxy) is 1. The average Bonchev–Trinajstić information content (AvgIpc) is 2.72. The van der Waals surface area contributed by atoms with Crippen LogP contribution in [0.3, 0.4) is 0 Å². The second-order valence-corrected chi connectivity index (χ2v) is 8.43. The van der Waals surface area contributed by atoms with Gasteiger partial charge in [-0.25, -0.2) is 4.79 Å². The van der Waals surface area contributed by atoms with Crippen LogP contribution in [0.2, 0.25) is 0 Å². The van der Waals surface area contributed by atoms with Crippen molar-refractivity contribution in [2.45, 2.75) is 57.7 Å². The van der Waals surface area contributed by atoms with Gasteiger partial charge in [-0.1, -0.05) is 0 Å². The molecule has 2 atom stereocenters. The topological polar surface area (TPSA) is 115 Å². The Bertz CT molecular complexity index is 1120. The fourth-order valence-corrected chi connectivity index (χ4v) is 4.64. The third-order valence-corrected chi connectivity index (χ3v) is 6.29. The van der Waals surface area contributed by atoms with E-state index in [1.807, 2.05) is 13.0 Å². The van der Waals surface area contributed by atoms with Crippen LogP contribution in [-0.4, -0.2) is 46.8 Å². The van der Waals surface area contributed by atoms with Crippen LogP contribution in [0.1, 0.15) is 55.1 Å². The number of nitrogens with zero attached hydrogens (tertiary/aromatic N) is 2. The maximum absolute atomic E-state index is 15.1. The number of hydrogen-bond acceptors (Lipinski definition) is 6. The molecule has 1 aromatic carbocycles. The zero-order valence-corrected chi connectivity index (χ0v) is 17.6. The number of carboxylic acid groups (broad SMARTS) is 1. The zero-order chi connectivity index (χ0) is 22.4. The first-order valence-corrected chi connectivity index (χ1v) is 10.5. The number of halogens is 1. The molecule has 31 heavy (non-hydrogen) atoms. The Morgan fingerprint density at radius 1 is 1.26 bits per heavy atom. The smallest absolute Gasteiger partial charge is 0.344 e. The van der Waals surface area contributed by atoms with E-state index >= 15 is 4.39 Å². The van der Waals surface area contributed by atoms with E-state index in [0.717, 1.165) is 11.3 Å². The third-order valence-electron chi connectivity index (χ3n) is 6.29. The summed E-state index contributed by atoms with van der Waals surface area (Å²) < 4.78 is 21.9. The lowest BCUT2D eigenvalue weighted by Gasteiger charge is -2.36. The van der Waals surface area contributed by atoms with Gasteiger partial charge in [-0.2, -0.15) is 4.39 Å². The van der Waals surface area contributed by atoms with Crippen molar-refractivity contribution in [3.63, 3.8) is 0 Å². The second-order valence-electron chi connectivity index (χ2n) is 8.43. The van der Waals surface area contributed by atoms with Gasteiger partial charge >= 0.3 is 11.9 Å². The summed E-state index contributed by atoms with van der Waals surface area (Å²) in [5.41, 5.74) is 6.21. The molecule has 1 fully saturated rings. The molecule has 9 heteroatoms. The molecule has 3 heterocycles. The van der Waals surface area contributed by atoms with Crippen LogP contribution in [-0.2, 0) is 16.0 Å². The van der Waals surface area contributed by atoms with Crippen LogP contribution < -0.4 is 16.1 Å². The molecule has 0 aliphatic carbocycles. The summed E-state index contributed by atoms with van der Waals surface area (Å²) in [5.74, 6) is -2.96. The van der Waals surface area contributed by atoms with Crippen LogP contribution in [0.4, 0.5) is 10.1 Å². The molecule has 2 aromatic rings. The molecule has 0 spiro atoms. The van der Waals surface area contributed by atoms with Crippen molar-refractivity contribution < 1.29 is 23.8 Å². The van der Waals surface area contributed by atoms with E-state index in [-0.39, 0.29) is 17.5 Å². The molecule has 4 rings (SSSR count). The van der Waals surface area contributed by atoms with Gasteiger partial charge in [0, 0.05) is 48.6 Å².